The van der Waals surface area contributed by atoms with Crippen LogP contribution in [0.25, 0.3) is 0 Å². The number of carbonyl (C=O) groups excluding carboxylic acids is 1. The van der Waals surface area contributed by atoms with Crippen molar-refractivity contribution in [2.75, 3.05) is 13.6 Å². The predicted octanol–water partition coefficient (Wildman–Crippen LogP) is 0.169. The first kappa shape index (κ1) is 15.6. The number of rotatable bonds is 6. The molecule has 1 aromatic heterocycles. The van der Waals surface area contributed by atoms with E-state index in [2.05, 4.69) is 10.0 Å². The van der Waals surface area contributed by atoms with Crippen LogP contribution >= 0.6 is 11.3 Å². The van der Waals surface area contributed by atoms with Crippen molar-refractivity contribution in [3.8, 4) is 0 Å². The van der Waals surface area contributed by atoms with Gasteiger partial charge in [-0.3, -0.25) is 4.79 Å². The van der Waals surface area contributed by atoms with Gasteiger partial charge in [-0.25, -0.2) is 17.9 Å². The van der Waals surface area contributed by atoms with E-state index in [0.29, 0.717) is 4.88 Å². The number of hydrogen-bond donors (Lipinski definition) is 3. The molecule has 1 rings (SSSR count). The number of nitrogens with one attached hydrogen (secondary N) is 2. The molecule has 0 atom stereocenters. The van der Waals surface area contributed by atoms with E-state index in [9.17, 15) is 18.0 Å². The molecule has 7 nitrogen and oxygen atoms in total. The maximum Gasteiger partial charge on any atom is 0.345 e. The Morgan fingerprint density at radius 1 is 1.42 bits per heavy atom. The van der Waals surface area contributed by atoms with E-state index in [1.165, 1.54) is 14.0 Å². The van der Waals surface area contributed by atoms with Crippen LogP contribution in [0.15, 0.2) is 11.0 Å². The van der Waals surface area contributed by atoms with E-state index in [1.807, 2.05) is 0 Å². The molecule has 0 saturated carbocycles. The number of sulfonamides is 1. The Labute approximate surface area is 114 Å². The highest BCUT2D eigenvalue weighted by molar-refractivity contribution is 7.89. The number of thiophene rings is 1. The maximum absolute atomic E-state index is 11.9. The van der Waals surface area contributed by atoms with Crippen molar-refractivity contribution >= 4 is 33.2 Å². The highest BCUT2D eigenvalue weighted by atomic mass is 32.2. The summed E-state index contributed by atoms with van der Waals surface area (Å²) in [5.41, 5.74) is 0. The summed E-state index contributed by atoms with van der Waals surface area (Å²) in [7, 11) is -2.33. The van der Waals surface area contributed by atoms with E-state index in [1.54, 1.807) is 0 Å². The number of carboxylic acid groups (broad SMARTS) is 1. The average Bonchev–Trinajstić information content (AvgIpc) is 2.71. The van der Waals surface area contributed by atoms with E-state index < -0.39 is 16.0 Å². The molecule has 9 heteroatoms. The number of carboxylic acids is 1. The molecule has 0 saturated heterocycles. The van der Waals surface area contributed by atoms with Gasteiger partial charge < -0.3 is 10.4 Å². The van der Waals surface area contributed by atoms with Crippen molar-refractivity contribution in [2.45, 2.75) is 18.2 Å². The monoisotopic (exact) mass is 306 g/mol. The zero-order chi connectivity index (χ0) is 14.6. The molecule has 0 unspecified atom stereocenters. The summed E-state index contributed by atoms with van der Waals surface area (Å²) in [6, 6.07) is 1.12. The molecular formula is C10H14N2O5S2. The van der Waals surface area contributed by atoms with Gasteiger partial charge in [-0.1, -0.05) is 0 Å². The van der Waals surface area contributed by atoms with Gasteiger partial charge in [0.05, 0.1) is 4.90 Å². The molecule has 0 fully saturated rings. The number of hydrogen-bond acceptors (Lipinski definition) is 5. The van der Waals surface area contributed by atoms with Crippen molar-refractivity contribution in [3.63, 3.8) is 0 Å². The molecule has 0 radical (unpaired) electrons. The Morgan fingerprint density at radius 2 is 2.05 bits per heavy atom. The third kappa shape index (κ3) is 4.01. The first-order chi connectivity index (χ1) is 8.77. The number of aromatic carboxylic acids is 1. The highest BCUT2D eigenvalue weighted by Gasteiger charge is 2.21. The van der Waals surface area contributed by atoms with Crippen LogP contribution in [0, 0.1) is 6.92 Å². The molecule has 0 aliphatic heterocycles. The van der Waals surface area contributed by atoms with Crippen molar-refractivity contribution in [3.05, 3.63) is 15.8 Å². The van der Waals surface area contributed by atoms with Crippen molar-refractivity contribution in [1.82, 2.24) is 10.0 Å². The summed E-state index contributed by atoms with van der Waals surface area (Å²) in [6.07, 6.45) is 0.0186. The van der Waals surface area contributed by atoms with E-state index in [4.69, 9.17) is 5.11 Å². The second-order valence-electron chi connectivity index (χ2n) is 3.66. The summed E-state index contributed by atoms with van der Waals surface area (Å²) in [4.78, 5) is 22.0. The van der Waals surface area contributed by atoms with Crippen LogP contribution in [0.2, 0.25) is 0 Å². The Morgan fingerprint density at radius 3 is 2.53 bits per heavy atom. The van der Waals surface area contributed by atoms with Gasteiger partial charge in [-0.2, -0.15) is 0 Å². The number of carbonyl (C=O) groups is 2. The number of amides is 1. The van der Waals surface area contributed by atoms with Gasteiger partial charge in [0.1, 0.15) is 4.88 Å². The van der Waals surface area contributed by atoms with Gasteiger partial charge >= 0.3 is 5.97 Å². The molecule has 0 spiro atoms. The first-order valence-electron chi connectivity index (χ1n) is 5.32. The molecule has 1 heterocycles. The minimum absolute atomic E-state index is 0.0186. The van der Waals surface area contributed by atoms with Gasteiger partial charge in [-0.05, 0) is 13.0 Å². The van der Waals surface area contributed by atoms with Crippen molar-refractivity contribution < 1.29 is 23.1 Å². The normalized spacial score (nSPS) is 11.3. The minimum Gasteiger partial charge on any atom is -0.477 e. The Balaban J connectivity index is 2.83. The molecule has 1 amide bonds. The van der Waals surface area contributed by atoms with Crippen LogP contribution < -0.4 is 10.0 Å². The molecule has 0 aliphatic carbocycles. The second-order valence-corrected chi connectivity index (χ2v) is 6.65. The third-order valence-corrected chi connectivity index (χ3v) is 5.05. The van der Waals surface area contributed by atoms with Crippen LogP contribution in [-0.4, -0.2) is 39.0 Å². The third-order valence-electron chi connectivity index (χ3n) is 2.30. The van der Waals surface area contributed by atoms with Crippen molar-refractivity contribution in [2.24, 2.45) is 0 Å². The molecule has 19 heavy (non-hydrogen) atoms. The maximum atomic E-state index is 11.9. The molecule has 106 valence electrons. The fraction of sp³-hybridized carbons (Fsp3) is 0.400. The smallest absolute Gasteiger partial charge is 0.345 e. The Bertz CT molecular complexity index is 591. The quantitative estimate of drug-likeness (QED) is 0.693. The summed E-state index contributed by atoms with van der Waals surface area (Å²) >= 11 is 0.896. The van der Waals surface area contributed by atoms with Crippen LogP contribution in [-0.2, 0) is 14.8 Å². The van der Waals surface area contributed by atoms with Gasteiger partial charge in [0.2, 0.25) is 15.9 Å². The zero-order valence-electron chi connectivity index (χ0n) is 10.4. The van der Waals surface area contributed by atoms with Crippen LogP contribution in [0.3, 0.4) is 0 Å². The fourth-order valence-electron chi connectivity index (χ4n) is 1.34. The lowest BCUT2D eigenvalue weighted by molar-refractivity contribution is -0.120. The predicted molar refractivity (Wildman–Crippen MR) is 69.9 cm³/mol. The largest absolute Gasteiger partial charge is 0.477 e. The SMILES string of the molecule is CNC(=O)CCNS(=O)(=O)c1cc(C(=O)O)sc1C. The highest BCUT2D eigenvalue weighted by Crippen LogP contribution is 2.25. The molecular weight excluding hydrogens is 292 g/mol. The zero-order valence-corrected chi connectivity index (χ0v) is 12.0. The van der Waals surface area contributed by atoms with E-state index >= 15 is 0 Å². The first-order valence-corrected chi connectivity index (χ1v) is 7.62. The minimum atomic E-state index is -3.79. The fourth-order valence-corrected chi connectivity index (χ4v) is 3.80. The van der Waals surface area contributed by atoms with E-state index in [-0.39, 0.29) is 28.6 Å². The summed E-state index contributed by atoms with van der Waals surface area (Å²) in [6.45, 7) is 1.49. The molecule has 3 N–H and O–H groups in total. The molecule has 1 aromatic rings. The molecule has 0 aromatic carbocycles. The van der Waals surface area contributed by atoms with Crippen molar-refractivity contribution in [1.29, 1.82) is 0 Å². The van der Waals surface area contributed by atoms with E-state index in [0.717, 1.165) is 17.4 Å². The second kappa shape index (κ2) is 6.13. The molecule has 0 aliphatic rings. The molecule has 0 bridgehead atoms. The lowest BCUT2D eigenvalue weighted by Gasteiger charge is -2.05. The summed E-state index contributed by atoms with van der Waals surface area (Å²) in [5, 5.41) is 11.2. The van der Waals surface area contributed by atoms with Gasteiger partial charge in [-0.15, -0.1) is 11.3 Å². The summed E-state index contributed by atoms with van der Waals surface area (Å²) < 4.78 is 26.1. The Kier molecular flexibility index (Phi) is 5.04. The average molecular weight is 306 g/mol. The lowest BCUT2D eigenvalue weighted by Crippen LogP contribution is -2.29. The van der Waals surface area contributed by atoms with Gasteiger partial charge in [0.25, 0.3) is 0 Å². The number of aryl methyl sites for hydroxylation is 1. The van der Waals surface area contributed by atoms with Gasteiger partial charge in [0.15, 0.2) is 0 Å². The topological polar surface area (TPSA) is 113 Å². The van der Waals surface area contributed by atoms with Crippen LogP contribution in [0.5, 0.6) is 0 Å². The Hall–Kier alpha value is -1.45. The van der Waals surface area contributed by atoms with Crippen LogP contribution in [0.4, 0.5) is 0 Å². The lowest BCUT2D eigenvalue weighted by atomic mass is 10.4. The van der Waals surface area contributed by atoms with Gasteiger partial charge in [0, 0.05) is 24.9 Å². The summed E-state index contributed by atoms with van der Waals surface area (Å²) in [5.74, 6) is -1.45. The van der Waals surface area contributed by atoms with Crippen LogP contribution in [0.1, 0.15) is 21.0 Å². The standard InChI is InChI=1S/C10H14N2O5S2/c1-6-8(5-7(18-6)10(14)15)19(16,17)12-4-3-9(13)11-2/h5,12H,3-4H2,1-2H3,(H,11,13)(H,14,15).